The van der Waals surface area contributed by atoms with E-state index in [1.807, 2.05) is 0 Å². The fourth-order valence-corrected chi connectivity index (χ4v) is 3.37. The van der Waals surface area contributed by atoms with Crippen LogP contribution in [-0.2, 0) is 0 Å². The van der Waals surface area contributed by atoms with Gasteiger partial charge in [-0.1, -0.05) is 0 Å². The third-order valence-electron chi connectivity index (χ3n) is 2.41. The SMILES string of the molecule is COc1ccc([N+](=O)[O-])cc1OC(=O)c1cc(Br)c(Br)s1. The smallest absolute Gasteiger partial charge is 0.353 e. The molecule has 0 saturated heterocycles. The van der Waals surface area contributed by atoms with E-state index < -0.39 is 10.9 Å². The summed E-state index contributed by atoms with van der Waals surface area (Å²) >= 11 is 7.74. The molecule has 0 saturated carbocycles. The fourth-order valence-electron chi connectivity index (χ4n) is 1.46. The van der Waals surface area contributed by atoms with E-state index in [0.717, 1.165) is 14.3 Å². The Morgan fingerprint density at radius 3 is 2.52 bits per heavy atom. The van der Waals surface area contributed by atoms with Gasteiger partial charge in [0.25, 0.3) is 5.69 Å². The zero-order valence-corrected chi connectivity index (χ0v) is 14.5. The molecule has 2 rings (SSSR count). The third-order valence-corrected chi connectivity index (χ3v) is 5.64. The van der Waals surface area contributed by atoms with E-state index in [2.05, 4.69) is 31.9 Å². The first-order chi connectivity index (χ1) is 9.92. The predicted molar refractivity (Wildman–Crippen MR) is 84.3 cm³/mol. The molecule has 9 heteroatoms. The predicted octanol–water partition coefficient (Wildman–Crippen LogP) is 4.41. The highest BCUT2D eigenvalue weighted by Crippen LogP contribution is 2.35. The number of carbonyl (C=O) groups is 1. The molecule has 1 aromatic heterocycles. The minimum absolute atomic E-state index is 0.00246. The summed E-state index contributed by atoms with van der Waals surface area (Å²) in [7, 11) is 1.39. The molecule has 1 aromatic carbocycles. The Morgan fingerprint density at radius 2 is 2.00 bits per heavy atom. The van der Waals surface area contributed by atoms with Crippen molar-refractivity contribution in [2.75, 3.05) is 7.11 Å². The summed E-state index contributed by atoms with van der Waals surface area (Å²) < 4.78 is 11.7. The van der Waals surface area contributed by atoms with E-state index in [-0.39, 0.29) is 17.2 Å². The van der Waals surface area contributed by atoms with Crippen LogP contribution >= 0.6 is 43.2 Å². The highest BCUT2D eigenvalue weighted by atomic mass is 79.9. The summed E-state index contributed by atoms with van der Waals surface area (Å²) in [5, 5.41) is 10.8. The zero-order chi connectivity index (χ0) is 15.6. The van der Waals surface area contributed by atoms with Crippen molar-refractivity contribution in [2.24, 2.45) is 0 Å². The second kappa shape index (κ2) is 6.54. The van der Waals surface area contributed by atoms with Gasteiger partial charge in [0, 0.05) is 10.5 Å². The molecule has 0 aliphatic rings. The van der Waals surface area contributed by atoms with Gasteiger partial charge in [0.2, 0.25) is 0 Å². The number of hydrogen-bond donors (Lipinski definition) is 0. The van der Waals surface area contributed by atoms with E-state index in [0.29, 0.717) is 4.88 Å². The molecule has 0 aliphatic heterocycles. The summed E-state index contributed by atoms with van der Waals surface area (Å²) in [4.78, 5) is 22.6. The van der Waals surface area contributed by atoms with E-state index in [9.17, 15) is 14.9 Å². The summed E-state index contributed by atoms with van der Waals surface area (Å²) in [5.41, 5.74) is -0.188. The second-order valence-electron chi connectivity index (χ2n) is 3.71. The number of esters is 1. The van der Waals surface area contributed by atoms with Crippen molar-refractivity contribution >= 4 is 54.9 Å². The molecule has 0 fully saturated rings. The summed E-state index contributed by atoms with van der Waals surface area (Å²) in [6, 6.07) is 5.39. The van der Waals surface area contributed by atoms with Crippen LogP contribution in [0.1, 0.15) is 9.67 Å². The van der Waals surface area contributed by atoms with Crippen LogP contribution in [0.3, 0.4) is 0 Å². The lowest BCUT2D eigenvalue weighted by Crippen LogP contribution is -2.07. The molecule has 1 heterocycles. The first kappa shape index (κ1) is 15.9. The molecule has 0 bridgehead atoms. The minimum atomic E-state index is -0.620. The Balaban J connectivity index is 2.31. The molecule has 110 valence electrons. The lowest BCUT2D eigenvalue weighted by molar-refractivity contribution is -0.384. The lowest BCUT2D eigenvalue weighted by Gasteiger charge is -2.07. The molecule has 0 unspecified atom stereocenters. The van der Waals surface area contributed by atoms with E-state index in [1.54, 1.807) is 6.07 Å². The number of non-ortho nitro benzene ring substituents is 1. The Hall–Kier alpha value is -1.45. The second-order valence-corrected chi connectivity index (χ2v) is 6.94. The topological polar surface area (TPSA) is 78.7 Å². The van der Waals surface area contributed by atoms with E-state index >= 15 is 0 Å². The van der Waals surface area contributed by atoms with Crippen molar-refractivity contribution in [1.82, 2.24) is 0 Å². The van der Waals surface area contributed by atoms with Crippen LogP contribution in [0.2, 0.25) is 0 Å². The fraction of sp³-hybridized carbons (Fsp3) is 0.0833. The largest absolute Gasteiger partial charge is 0.493 e. The van der Waals surface area contributed by atoms with E-state index in [4.69, 9.17) is 9.47 Å². The number of hydrogen-bond acceptors (Lipinski definition) is 6. The molecule has 0 radical (unpaired) electrons. The number of halogens is 2. The van der Waals surface area contributed by atoms with Crippen LogP contribution in [0.4, 0.5) is 5.69 Å². The molecular weight excluding hydrogens is 430 g/mol. The zero-order valence-electron chi connectivity index (χ0n) is 10.5. The van der Waals surface area contributed by atoms with Crippen LogP contribution < -0.4 is 9.47 Å². The molecule has 0 atom stereocenters. The summed E-state index contributed by atoms with van der Waals surface area (Å²) in [6.45, 7) is 0. The van der Waals surface area contributed by atoms with Crippen LogP contribution in [0.5, 0.6) is 11.5 Å². The highest BCUT2D eigenvalue weighted by molar-refractivity contribution is 9.13. The van der Waals surface area contributed by atoms with Gasteiger partial charge in [-0.3, -0.25) is 10.1 Å². The molecule has 6 nitrogen and oxygen atoms in total. The number of rotatable bonds is 4. The number of carbonyl (C=O) groups excluding carboxylic acids is 1. The summed E-state index contributed by atoms with van der Waals surface area (Å²) in [5.74, 6) is -0.383. The minimum Gasteiger partial charge on any atom is -0.493 e. The average Bonchev–Trinajstić information content (AvgIpc) is 2.78. The Labute approximate surface area is 140 Å². The van der Waals surface area contributed by atoms with Crippen molar-refractivity contribution in [3.05, 3.63) is 47.5 Å². The number of thiophene rings is 1. The van der Waals surface area contributed by atoms with Crippen molar-refractivity contribution in [3.8, 4) is 11.5 Å². The standard InChI is InChI=1S/C12H7Br2NO5S/c1-19-8-3-2-6(15(17)18)4-9(8)20-12(16)10-5-7(13)11(14)21-10/h2-5H,1H3. The van der Waals surface area contributed by atoms with E-state index in [1.165, 1.54) is 30.6 Å². The summed E-state index contributed by atoms with van der Waals surface area (Å²) in [6.07, 6.45) is 0. The molecule has 0 N–H and O–H groups in total. The first-order valence-corrected chi connectivity index (χ1v) is 7.82. The Morgan fingerprint density at radius 1 is 1.29 bits per heavy atom. The number of methoxy groups -OCH3 is 1. The molecular formula is C12H7Br2NO5S. The number of benzene rings is 1. The van der Waals surface area contributed by atoms with Gasteiger partial charge in [-0.25, -0.2) is 4.79 Å². The maximum Gasteiger partial charge on any atom is 0.353 e. The van der Waals surface area contributed by atoms with Crippen molar-refractivity contribution in [1.29, 1.82) is 0 Å². The number of nitrogens with zero attached hydrogens (tertiary/aromatic N) is 1. The van der Waals surface area contributed by atoms with Gasteiger partial charge in [0.05, 0.1) is 21.9 Å². The monoisotopic (exact) mass is 435 g/mol. The number of nitro benzene ring substituents is 1. The third kappa shape index (κ3) is 3.60. The average molecular weight is 437 g/mol. The number of ether oxygens (including phenoxy) is 2. The first-order valence-electron chi connectivity index (χ1n) is 5.42. The molecule has 0 aliphatic carbocycles. The van der Waals surface area contributed by atoms with Crippen molar-refractivity contribution in [3.63, 3.8) is 0 Å². The van der Waals surface area contributed by atoms with Crippen LogP contribution in [0, 0.1) is 10.1 Å². The molecule has 21 heavy (non-hydrogen) atoms. The normalized spacial score (nSPS) is 10.2. The maximum absolute atomic E-state index is 12.1. The maximum atomic E-state index is 12.1. The quantitative estimate of drug-likeness (QED) is 0.307. The Kier molecular flexibility index (Phi) is 4.96. The van der Waals surface area contributed by atoms with Crippen molar-refractivity contribution in [2.45, 2.75) is 0 Å². The van der Waals surface area contributed by atoms with Gasteiger partial charge in [-0.05, 0) is 44.0 Å². The lowest BCUT2D eigenvalue weighted by atomic mass is 10.3. The highest BCUT2D eigenvalue weighted by Gasteiger charge is 2.19. The van der Waals surface area contributed by atoms with Gasteiger partial charge < -0.3 is 9.47 Å². The van der Waals surface area contributed by atoms with Crippen LogP contribution in [-0.4, -0.2) is 18.0 Å². The Bertz CT molecular complexity index is 696. The van der Waals surface area contributed by atoms with Gasteiger partial charge >= 0.3 is 5.97 Å². The molecule has 0 spiro atoms. The van der Waals surface area contributed by atoms with Crippen LogP contribution in [0.15, 0.2) is 32.5 Å². The van der Waals surface area contributed by atoms with Gasteiger partial charge in [0.15, 0.2) is 11.5 Å². The van der Waals surface area contributed by atoms with Gasteiger partial charge in [-0.2, -0.15) is 0 Å². The van der Waals surface area contributed by atoms with Crippen LogP contribution in [0.25, 0.3) is 0 Å². The molecule has 0 amide bonds. The van der Waals surface area contributed by atoms with Gasteiger partial charge in [-0.15, -0.1) is 11.3 Å². The number of nitro groups is 1. The van der Waals surface area contributed by atoms with Gasteiger partial charge in [0.1, 0.15) is 4.88 Å². The molecule has 2 aromatic rings. The van der Waals surface area contributed by atoms with Crippen molar-refractivity contribution < 1.29 is 19.2 Å².